The fraction of sp³-hybridized carbons (Fsp3) is 0.743. The lowest BCUT2D eigenvalue weighted by atomic mass is 9.43. The lowest BCUT2D eigenvalue weighted by Crippen LogP contribution is -2.62. The number of benzene rings is 1. The molecule has 6 nitrogen and oxygen atoms in total. The van der Waals surface area contributed by atoms with Gasteiger partial charge in [-0.2, -0.15) is 0 Å². The lowest BCUT2D eigenvalue weighted by molar-refractivity contribution is -0.207. The molecule has 4 N–H and O–H groups in total. The molecule has 1 aromatic carbocycles. The molecule has 1 amide bonds. The number of carbonyl (C=O) groups is 1. The summed E-state index contributed by atoms with van der Waals surface area (Å²) in [7, 11) is 0. The number of aliphatic hydroxyl groups is 3. The second kappa shape index (κ2) is 10.9. The molecule has 2 heterocycles. The Morgan fingerprint density at radius 3 is 2.67 bits per heavy atom. The topological polar surface area (TPSA) is 96.8 Å². The second-order valence-electron chi connectivity index (χ2n) is 15.5. The van der Waals surface area contributed by atoms with Crippen molar-refractivity contribution in [2.24, 2.45) is 46.3 Å². The number of carbonyl (C=O) groups excluding carboxylic acids is 1. The Morgan fingerprint density at radius 2 is 1.88 bits per heavy atom. The largest absolute Gasteiger partial charge is 0.393 e. The minimum absolute atomic E-state index is 0.0807. The van der Waals surface area contributed by atoms with Crippen molar-refractivity contribution in [2.75, 3.05) is 6.54 Å². The van der Waals surface area contributed by atoms with Crippen LogP contribution in [0.5, 0.6) is 0 Å². The molecule has 0 radical (unpaired) electrons. The number of aromatic amines is 1. The van der Waals surface area contributed by atoms with Crippen molar-refractivity contribution in [1.29, 1.82) is 0 Å². The first kappa shape index (κ1) is 30.3. The number of aliphatic hydroxyl groups excluding tert-OH is 3. The Bertz CT molecular complexity index is 1410. The van der Waals surface area contributed by atoms with E-state index in [1.165, 1.54) is 0 Å². The monoisotopic (exact) mass is 630 g/mol. The number of H-pyrrole nitrogens is 1. The zero-order valence-corrected chi connectivity index (χ0v) is 27.3. The number of hydrogen-bond donors (Lipinski definition) is 4. The van der Waals surface area contributed by atoms with Crippen LogP contribution in [-0.4, -0.2) is 56.0 Å². The molecule has 0 unspecified atom stereocenters. The number of fused-ring (bicyclic) bond motifs is 8. The van der Waals surface area contributed by atoms with E-state index in [-0.39, 0.29) is 34.9 Å². The molecule has 1 aliphatic heterocycles. The number of halogens is 2. The van der Waals surface area contributed by atoms with Gasteiger partial charge in [-0.05, 0) is 110 Å². The van der Waals surface area contributed by atoms with Crippen LogP contribution in [0.25, 0.3) is 10.9 Å². The van der Waals surface area contributed by atoms with Crippen molar-refractivity contribution >= 4 is 40.0 Å². The zero-order chi connectivity index (χ0) is 30.4. The molecule has 4 saturated carbocycles. The van der Waals surface area contributed by atoms with Crippen molar-refractivity contribution in [3.63, 3.8) is 0 Å². The molecular formula is C35H48Cl2N2O4. The molecule has 11 atom stereocenters. The minimum atomic E-state index is -0.403. The Labute approximate surface area is 265 Å². The first-order valence-corrected chi connectivity index (χ1v) is 17.5. The van der Waals surface area contributed by atoms with Crippen LogP contribution in [0.4, 0.5) is 0 Å². The standard InChI is InChI=1S/C35H48Cl2N2O4/c1-18(4-7-31(43)39-11-9-28-23(17-39)22-14-20(36)15-27(37)33(22)38-28)24-5-6-25-32-26(16-30(42)35(24,25)3)34(2)10-8-21(40)12-19(34)13-29(32)41/h14-15,18-19,21,24-26,29-30,32,38,40-42H,4-13,16-17H2,1-3H3/t18-,19+,21-,24-,25+,26+,29-,30+,32+,34+,35-/m1/s1. The quantitative estimate of drug-likeness (QED) is 0.301. The highest BCUT2D eigenvalue weighted by Gasteiger charge is 2.65. The van der Waals surface area contributed by atoms with Gasteiger partial charge in [0.1, 0.15) is 0 Å². The molecule has 236 valence electrons. The summed E-state index contributed by atoms with van der Waals surface area (Å²) in [4.78, 5) is 19.0. The Hall–Kier alpha value is -1.31. The van der Waals surface area contributed by atoms with Gasteiger partial charge in [-0.15, -0.1) is 0 Å². The summed E-state index contributed by atoms with van der Waals surface area (Å²) >= 11 is 12.8. The zero-order valence-electron chi connectivity index (χ0n) is 25.8. The third-order valence-corrected chi connectivity index (χ3v) is 14.2. The maximum Gasteiger partial charge on any atom is 0.222 e. The molecule has 2 aromatic rings. The van der Waals surface area contributed by atoms with Crippen LogP contribution in [-0.2, 0) is 17.8 Å². The fourth-order valence-electron chi connectivity index (χ4n) is 11.3. The average molecular weight is 632 g/mol. The van der Waals surface area contributed by atoms with E-state index in [4.69, 9.17) is 23.2 Å². The van der Waals surface area contributed by atoms with Gasteiger partial charge >= 0.3 is 0 Å². The van der Waals surface area contributed by atoms with Crippen molar-refractivity contribution in [3.8, 4) is 0 Å². The first-order valence-electron chi connectivity index (χ1n) is 16.7. The van der Waals surface area contributed by atoms with Crippen LogP contribution < -0.4 is 0 Å². The summed E-state index contributed by atoms with van der Waals surface area (Å²) in [6.45, 7) is 8.21. The third kappa shape index (κ3) is 4.71. The van der Waals surface area contributed by atoms with Crippen LogP contribution in [0, 0.1) is 46.3 Å². The van der Waals surface area contributed by atoms with Crippen molar-refractivity contribution in [2.45, 2.75) is 110 Å². The van der Waals surface area contributed by atoms with Gasteiger partial charge in [0.25, 0.3) is 0 Å². The summed E-state index contributed by atoms with van der Waals surface area (Å²) in [5.74, 6) is 1.97. The molecule has 0 spiro atoms. The van der Waals surface area contributed by atoms with Gasteiger partial charge in [0, 0.05) is 47.6 Å². The van der Waals surface area contributed by atoms with E-state index < -0.39 is 6.10 Å². The predicted molar refractivity (Wildman–Crippen MR) is 170 cm³/mol. The molecule has 0 saturated heterocycles. The maximum absolute atomic E-state index is 13.5. The van der Waals surface area contributed by atoms with Crippen LogP contribution in [0.2, 0.25) is 10.0 Å². The molecule has 5 aliphatic rings. The molecule has 4 fully saturated rings. The lowest BCUT2D eigenvalue weighted by Gasteiger charge is -2.63. The van der Waals surface area contributed by atoms with Crippen LogP contribution in [0.1, 0.15) is 89.8 Å². The van der Waals surface area contributed by atoms with Crippen LogP contribution in [0.3, 0.4) is 0 Å². The summed E-state index contributed by atoms with van der Waals surface area (Å²) in [6, 6.07) is 3.69. The molecule has 4 aliphatic carbocycles. The summed E-state index contributed by atoms with van der Waals surface area (Å²) in [5.41, 5.74) is 2.99. The van der Waals surface area contributed by atoms with Crippen LogP contribution >= 0.6 is 23.2 Å². The second-order valence-corrected chi connectivity index (χ2v) is 16.3. The van der Waals surface area contributed by atoms with Gasteiger partial charge in [0.05, 0.1) is 28.9 Å². The molecular weight excluding hydrogens is 583 g/mol. The molecule has 7 rings (SSSR count). The minimum Gasteiger partial charge on any atom is -0.393 e. The van der Waals surface area contributed by atoms with E-state index >= 15 is 0 Å². The summed E-state index contributed by atoms with van der Waals surface area (Å²) in [6.07, 6.45) is 7.27. The fourth-order valence-corrected chi connectivity index (χ4v) is 11.8. The number of aromatic nitrogens is 1. The third-order valence-electron chi connectivity index (χ3n) is 13.7. The van der Waals surface area contributed by atoms with E-state index in [1.54, 1.807) is 6.07 Å². The van der Waals surface area contributed by atoms with Gasteiger partial charge in [0.2, 0.25) is 5.91 Å². The van der Waals surface area contributed by atoms with E-state index in [9.17, 15) is 20.1 Å². The van der Waals surface area contributed by atoms with E-state index in [1.807, 2.05) is 11.0 Å². The number of hydrogen-bond acceptors (Lipinski definition) is 4. The molecule has 43 heavy (non-hydrogen) atoms. The van der Waals surface area contributed by atoms with Crippen molar-refractivity contribution in [3.05, 3.63) is 33.4 Å². The Morgan fingerprint density at radius 1 is 1.09 bits per heavy atom. The van der Waals surface area contributed by atoms with Gasteiger partial charge in [-0.1, -0.05) is 44.0 Å². The van der Waals surface area contributed by atoms with E-state index in [2.05, 4.69) is 25.8 Å². The number of nitrogens with zero attached hydrogens (tertiary/aromatic N) is 1. The molecule has 1 aromatic heterocycles. The predicted octanol–water partition coefficient (Wildman–Crippen LogP) is 6.74. The van der Waals surface area contributed by atoms with E-state index in [0.29, 0.717) is 59.1 Å². The van der Waals surface area contributed by atoms with Crippen LogP contribution in [0.15, 0.2) is 12.1 Å². The highest BCUT2D eigenvalue weighted by molar-refractivity contribution is 6.38. The first-order chi connectivity index (χ1) is 20.4. The summed E-state index contributed by atoms with van der Waals surface area (Å²) in [5, 5.41) is 36.0. The van der Waals surface area contributed by atoms with E-state index in [0.717, 1.165) is 79.9 Å². The van der Waals surface area contributed by atoms with Gasteiger partial charge in [0.15, 0.2) is 0 Å². The highest BCUT2D eigenvalue weighted by atomic mass is 35.5. The Balaban J connectivity index is 1.03. The highest BCUT2D eigenvalue weighted by Crippen LogP contribution is 2.68. The van der Waals surface area contributed by atoms with Crippen molar-refractivity contribution < 1.29 is 20.1 Å². The maximum atomic E-state index is 13.5. The van der Waals surface area contributed by atoms with Gasteiger partial charge in [-0.25, -0.2) is 0 Å². The number of amides is 1. The molecule has 8 heteroatoms. The van der Waals surface area contributed by atoms with Gasteiger partial charge < -0.3 is 25.2 Å². The number of nitrogens with one attached hydrogen (secondary N) is 1. The number of rotatable bonds is 4. The normalized spacial score (nSPS) is 41.3. The smallest absolute Gasteiger partial charge is 0.222 e. The summed E-state index contributed by atoms with van der Waals surface area (Å²) < 4.78 is 0. The Kier molecular flexibility index (Phi) is 7.69. The van der Waals surface area contributed by atoms with Gasteiger partial charge in [-0.3, -0.25) is 4.79 Å². The SMILES string of the molecule is C[C@H](CCC(=O)N1CCc2[nH]c3c(Cl)cc(Cl)cc3c2C1)[C@H]1CC[C@H]2[C@@H]3[C@H](O)C[C@@H]4C[C@H](O)CC[C@]4(C)[C@H]3C[C@H](O)[C@]12C. The molecule has 0 bridgehead atoms. The van der Waals surface area contributed by atoms with Crippen molar-refractivity contribution in [1.82, 2.24) is 9.88 Å². The average Bonchev–Trinajstić information content (AvgIpc) is 3.51.